The van der Waals surface area contributed by atoms with Gasteiger partial charge in [0.1, 0.15) is 28.1 Å². The molecular formula is C15H16N6OS. The Bertz CT molecular complexity index is 898. The first kappa shape index (κ1) is 15.3. The summed E-state index contributed by atoms with van der Waals surface area (Å²) in [5, 5.41) is 3.26. The van der Waals surface area contributed by atoms with E-state index in [1.54, 1.807) is 24.8 Å². The van der Waals surface area contributed by atoms with Crippen LogP contribution in [0.15, 0.2) is 30.7 Å². The first-order chi connectivity index (χ1) is 11.0. The fourth-order valence-electron chi connectivity index (χ4n) is 2.17. The van der Waals surface area contributed by atoms with Gasteiger partial charge in [0.2, 0.25) is 0 Å². The van der Waals surface area contributed by atoms with E-state index in [1.807, 2.05) is 26.0 Å². The second-order valence-corrected chi connectivity index (χ2v) is 6.15. The van der Waals surface area contributed by atoms with E-state index in [4.69, 9.17) is 0 Å². The van der Waals surface area contributed by atoms with Gasteiger partial charge in [-0.1, -0.05) is 0 Å². The van der Waals surface area contributed by atoms with E-state index in [2.05, 4.69) is 30.0 Å². The fourth-order valence-corrected chi connectivity index (χ4v) is 2.67. The molecule has 3 rings (SSSR count). The maximum Gasteiger partial charge on any atom is 0.137 e. The van der Waals surface area contributed by atoms with Crippen LogP contribution in [-0.4, -0.2) is 30.4 Å². The van der Waals surface area contributed by atoms with Crippen LogP contribution in [0.3, 0.4) is 0 Å². The third-order valence-corrected chi connectivity index (χ3v) is 3.72. The maximum absolute atomic E-state index is 11.7. The number of aryl methyl sites for hydroxylation is 2. The summed E-state index contributed by atoms with van der Waals surface area (Å²) < 4.78 is 14.6. The Morgan fingerprint density at radius 2 is 1.87 bits per heavy atom. The lowest BCUT2D eigenvalue weighted by Crippen LogP contribution is -2.07. The molecule has 8 heteroatoms. The van der Waals surface area contributed by atoms with Crippen LogP contribution in [0.25, 0.3) is 11.0 Å². The minimum atomic E-state index is -1.24. The van der Waals surface area contributed by atoms with E-state index in [-0.39, 0.29) is 0 Å². The van der Waals surface area contributed by atoms with E-state index >= 15 is 0 Å². The van der Waals surface area contributed by atoms with Crippen molar-refractivity contribution in [3.05, 3.63) is 42.1 Å². The summed E-state index contributed by atoms with van der Waals surface area (Å²) in [7, 11) is -1.24. The smallest absolute Gasteiger partial charge is 0.137 e. The zero-order valence-electron chi connectivity index (χ0n) is 13.0. The molecule has 2 aromatic heterocycles. The lowest BCUT2D eigenvalue weighted by molar-refractivity contribution is 0.690. The monoisotopic (exact) mass is 328 g/mol. The highest BCUT2D eigenvalue weighted by atomic mass is 32.2. The third kappa shape index (κ3) is 3.26. The second kappa shape index (κ2) is 6.25. The lowest BCUT2D eigenvalue weighted by Gasteiger charge is -2.15. The Morgan fingerprint density at radius 3 is 2.65 bits per heavy atom. The molecule has 0 amide bonds. The number of benzene rings is 1. The Kier molecular flexibility index (Phi) is 4.16. The molecule has 0 bridgehead atoms. The van der Waals surface area contributed by atoms with E-state index in [0.717, 1.165) is 16.8 Å². The number of anilines is 3. The lowest BCUT2D eigenvalue weighted by atomic mass is 10.2. The van der Waals surface area contributed by atoms with Crippen LogP contribution in [0.4, 0.5) is 17.2 Å². The molecule has 3 aromatic rings. The SMILES string of the molecule is Cc1ncc(C)c(Nc2ccc3nccnc3c2NS(C)=O)n1. The number of nitrogens with zero attached hydrogens (tertiary/aromatic N) is 4. The molecule has 1 aromatic carbocycles. The maximum atomic E-state index is 11.7. The molecule has 0 fully saturated rings. The highest BCUT2D eigenvalue weighted by Crippen LogP contribution is 2.32. The first-order valence-electron chi connectivity index (χ1n) is 6.95. The van der Waals surface area contributed by atoms with Gasteiger partial charge in [-0.2, -0.15) is 0 Å². The van der Waals surface area contributed by atoms with Gasteiger partial charge in [-0.25, -0.2) is 14.2 Å². The van der Waals surface area contributed by atoms with Crippen LogP contribution in [0, 0.1) is 13.8 Å². The zero-order chi connectivity index (χ0) is 16.4. The van der Waals surface area contributed by atoms with E-state index < -0.39 is 11.0 Å². The van der Waals surface area contributed by atoms with E-state index in [9.17, 15) is 4.21 Å². The van der Waals surface area contributed by atoms with E-state index in [1.165, 1.54) is 0 Å². The minimum Gasteiger partial charge on any atom is -0.338 e. The Morgan fingerprint density at radius 1 is 1.09 bits per heavy atom. The van der Waals surface area contributed by atoms with Gasteiger partial charge in [0, 0.05) is 30.4 Å². The Balaban J connectivity index is 2.12. The van der Waals surface area contributed by atoms with Crippen molar-refractivity contribution in [1.29, 1.82) is 0 Å². The summed E-state index contributed by atoms with van der Waals surface area (Å²) in [5.74, 6) is 1.37. The van der Waals surface area contributed by atoms with Gasteiger partial charge < -0.3 is 10.0 Å². The van der Waals surface area contributed by atoms with Crippen LogP contribution in [0.5, 0.6) is 0 Å². The Labute approximate surface area is 136 Å². The Hall–Kier alpha value is -2.61. The van der Waals surface area contributed by atoms with Crippen molar-refractivity contribution in [2.75, 3.05) is 16.3 Å². The molecule has 0 radical (unpaired) electrons. The van der Waals surface area contributed by atoms with Crippen molar-refractivity contribution in [3.63, 3.8) is 0 Å². The van der Waals surface area contributed by atoms with Gasteiger partial charge in [0.25, 0.3) is 0 Å². The minimum absolute atomic E-state index is 0.632. The molecule has 1 unspecified atom stereocenters. The third-order valence-electron chi connectivity index (χ3n) is 3.23. The topological polar surface area (TPSA) is 92.7 Å². The average Bonchev–Trinajstić information content (AvgIpc) is 2.52. The quantitative estimate of drug-likeness (QED) is 0.764. The molecule has 0 spiro atoms. The van der Waals surface area contributed by atoms with Gasteiger partial charge in [-0.3, -0.25) is 9.97 Å². The molecule has 118 valence electrons. The number of fused-ring (bicyclic) bond motifs is 1. The van der Waals surface area contributed by atoms with Crippen molar-refractivity contribution in [2.45, 2.75) is 13.8 Å². The van der Waals surface area contributed by atoms with Crippen molar-refractivity contribution >= 4 is 39.2 Å². The summed E-state index contributed by atoms with van der Waals surface area (Å²) in [5.41, 5.74) is 3.65. The normalized spacial score (nSPS) is 12.1. The first-order valence-corrected chi connectivity index (χ1v) is 8.51. The molecule has 0 aliphatic carbocycles. The average molecular weight is 328 g/mol. The van der Waals surface area contributed by atoms with Gasteiger partial charge >= 0.3 is 0 Å². The van der Waals surface area contributed by atoms with Crippen LogP contribution < -0.4 is 10.0 Å². The van der Waals surface area contributed by atoms with Gasteiger partial charge in [-0.15, -0.1) is 0 Å². The van der Waals surface area contributed by atoms with Crippen molar-refractivity contribution < 1.29 is 4.21 Å². The van der Waals surface area contributed by atoms with Gasteiger partial charge in [-0.05, 0) is 26.0 Å². The van der Waals surface area contributed by atoms with Crippen LogP contribution >= 0.6 is 0 Å². The number of hydrogen-bond donors (Lipinski definition) is 2. The molecule has 0 saturated carbocycles. The summed E-state index contributed by atoms with van der Waals surface area (Å²) in [6.07, 6.45) is 6.56. The second-order valence-electron chi connectivity index (χ2n) is 5.04. The number of hydrogen-bond acceptors (Lipinski definition) is 6. The summed E-state index contributed by atoms with van der Waals surface area (Å²) >= 11 is 0. The van der Waals surface area contributed by atoms with Crippen LogP contribution in [-0.2, 0) is 11.0 Å². The van der Waals surface area contributed by atoms with Crippen molar-refractivity contribution in [2.24, 2.45) is 0 Å². The summed E-state index contributed by atoms with van der Waals surface area (Å²) in [4.78, 5) is 17.2. The molecule has 23 heavy (non-hydrogen) atoms. The highest BCUT2D eigenvalue weighted by molar-refractivity contribution is 7.85. The molecule has 2 N–H and O–H groups in total. The highest BCUT2D eigenvalue weighted by Gasteiger charge is 2.12. The number of rotatable bonds is 4. The summed E-state index contributed by atoms with van der Waals surface area (Å²) in [6.45, 7) is 3.75. The molecular weight excluding hydrogens is 312 g/mol. The zero-order valence-corrected chi connectivity index (χ0v) is 13.8. The van der Waals surface area contributed by atoms with Crippen molar-refractivity contribution in [1.82, 2.24) is 19.9 Å². The predicted molar refractivity (Wildman–Crippen MR) is 92.0 cm³/mol. The predicted octanol–water partition coefficient (Wildman–Crippen LogP) is 2.49. The van der Waals surface area contributed by atoms with Crippen LogP contribution in [0.2, 0.25) is 0 Å². The molecule has 0 aliphatic rings. The van der Waals surface area contributed by atoms with Gasteiger partial charge in [0.05, 0.1) is 16.9 Å². The fraction of sp³-hybridized carbons (Fsp3) is 0.200. The summed E-state index contributed by atoms with van der Waals surface area (Å²) in [6, 6.07) is 3.72. The number of aromatic nitrogens is 4. The molecule has 2 heterocycles. The van der Waals surface area contributed by atoms with E-state index in [0.29, 0.717) is 22.8 Å². The molecule has 0 aliphatic heterocycles. The molecule has 7 nitrogen and oxygen atoms in total. The largest absolute Gasteiger partial charge is 0.338 e. The van der Waals surface area contributed by atoms with Crippen LogP contribution in [0.1, 0.15) is 11.4 Å². The number of nitrogens with one attached hydrogen (secondary N) is 2. The van der Waals surface area contributed by atoms with Crippen molar-refractivity contribution in [3.8, 4) is 0 Å². The molecule has 0 saturated heterocycles. The van der Waals surface area contributed by atoms with Gasteiger partial charge in [0.15, 0.2) is 0 Å². The molecule has 1 atom stereocenters. The standard InChI is InChI=1S/C15H16N6OS/c1-9-8-18-10(2)19-15(9)20-12-5-4-11-13(17-7-6-16-11)14(12)21-23(3)22/h4-8,21H,1-3H3,(H,18,19,20).